The number of anilines is 2. The summed E-state index contributed by atoms with van der Waals surface area (Å²) in [4.78, 5) is 8.19. The van der Waals surface area contributed by atoms with Crippen molar-refractivity contribution in [1.82, 2.24) is 14.3 Å². The van der Waals surface area contributed by atoms with Gasteiger partial charge in [-0.2, -0.15) is 4.37 Å². The van der Waals surface area contributed by atoms with E-state index in [-0.39, 0.29) is 0 Å². The molecule has 0 saturated heterocycles. The first-order chi connectivity index (χ1) is 10.3. The summed E-state index contributed by atoms with van der Waals surface area (Å²) in [6.07, 6.45) is 7.17. The maximum atomic E-state index is 6.00. The first-order valence-electron chi connectivity index (χ1n) is 6.54. The molecule has 0 fully saturated rings. The van der Waals surface area contributed by atoms with Crippen LogP contribution in [0.5, 0.6) is 0 Å². The van der Waals surface area contributed by atoms with Crippen molar-refractivity contribution in [2.45, 2.75) is 13.5 Å². The van der Waals surface area contributed by atoms with Gasteiger partial charge in [0.1, 0.15) is 10.8 Å². The summed E-state index contributed by atoms with van der Waals surface area (Å²) in [5.74, 6) is 0.539. The Bertz CT molecular complexity index is 739. The quantitative estimate of drug-likeness (QED) is 0.774. The summed E-state index contributed by atoms with van der Waals surface area (Å²) >= 11 is 1.37. The fourth-order valence-electron chi connectivity index (χ4n) is 2.08. The molecule has 0 aliphatic carbocycles. The van der Waals surface area contributed by atoms with Gasteiger partial charge in [0.2, 0.25) is 0 Å². The van der Waals surface area contributed by atoms with Crippen LogP contribution in [0.1, 0.15) is 11.1 Å². The molecule has 106 valence electrons. The first kappa shape index (κ1) is 13.5. The molecule has 0 aromatic carbocycles. The van der Waals surface area contributed by atoms with Crippen LogP contribution in [-0.2, 0) is 6.54 Å². The molecule has 0 spiro atoms. The average molecular weight is 297 g/mol. The minimum absolute atomic E-state index is 0.539. The van der Waals surface area contributed by atoms with Crippen molar-refractivity contribution in [3.05, 3.63) is 54.1 Å². The van der Waals surface area contributed by atoms with E-state index < -0.39 is 0 Å². The van der Waals surface area contributed by atoms with E-state index in [1.165, 1.54) is 17.1 Å². The Morgan fingerprint density at radius 2 is 1.90 bits per heavy atom. The molecule has 6 heteroatoms. The van der Waals surface area contributed by atoms with Gasteiger partial charge in [-0.1, -0.05) is 0 Å². The maximum absolute atomic E-state index is 6.00. The molecule has 0 aliphatic rings. The lowest BCUT2D eigenvalue weighted by molar-refractivity contribution is 1.09. The minimum atomic E-state index is 0.539. The average Bonchev–Trinajstić information content (AvgIpc) is 2.88. The van der Waals surface area contributed by atoms with E-state index >= 15 is 0 Å². The normalized spacial score (nSPS) is 10.5. The van der Waals surface area contributed by atoms with E-state index in [0.717, 1.165) is 21.7 Å². The fraction of sp³-hybridized carbons (Fsp3) is 0.133. The molecule has 3 N–H and O–H groups in total. The van der Waals surface area contributed by atoms with Crippen LogP contribution >= 0.6 is 11.5 Å². The third-order valence-corrected chi connectivity index (χ3v) is 4.09. The second-order valence-corrected chi connectivity index (χ2v) is 5.44. The van der Waals surface area contributed by atoms with Crippen LogP contribution in [0.4, 0.5) is 10.8 Å². The number of pyridine rings is 2. The Kier molecular flexibility index (Phi) is 3.79. The summed E-state index contributed by atoms with van der Waals surface area (Å²) in [7, 11) is 0. The standard InChI is InChI=1S/C15H15N5S/c1-10-2-5-18-8-12(10)9-19-15-13(14(16)20-21-15)11-3-6-17-7-4-11/h2-8,19H,9H2,1H3,(H2,16,20). The fourth-order valence-corrected chi connectivity index (χ4v) is 2.81. The molecule has 0 saturated carbocycles. The molecule has 3 rings (SSSR count). The largest absolute Gasteiger partial charge is 0.382 e. The monoisotopic (exact) mass is 297 g/mol. The lowest BCUT2D eigenvalue weighted by atomic mass is 10.1. The molecule has 3 heterocycles. The molecular weight excluding hydrogens is 282 g/mol. The third-order valence-electron chi connectivity index (χ3n) is 3.27. The van der Waals surface area contributed by atoms with Gasteiger partial charge in [-0.25, -0.2) is 0 Å². The Morgan fingerprint density at radius 3 is 2.67 bits per heavy atom. The van der Waals surface area contributed by atoms with Gasteiger partial charge in [-0.15, -0.1) is 0 Å². The molecule has 0 radical (unpaired) electrons. The number of nitrogens with two attached hydrogens (primary N) is 1. The predicted molar refractivity (Wildman–Crippen MR) is 86.1 cm³/mol. The maximum Gasteiger partial charge on any atom is 0.147 e. The van der Waals surface area contributed by atoms with E-state index in [0.29, 0.717) is 12.4 Å². The van der Waals surface area contributed by atoms with Gasteiger partial charge in [0.15, 0.2) is 0 Å². The number of hydrogen-bond acceptors (Lipinski definition) is 6. The highest BCUT2D eigenvalue weighted by molar-refractivity contribution is 7.11. The summed E-state index contributed by atoms with van der Waals surface area (Å²) in [6, 6.07) is 5.86. The van der Waals surface area contributed by atoms with Gasteiger partial charge in [0.05, 0.1) is 5.56 Å². The van der Waals surface area contributed by atoms with Gasteiger partial charge in [-0.3, -0.25) is 9.97 Å². The van der Waals surface area contributed by atoms with Crippen LogP contribution in [0.3, 0.4) is 0 Å². The van der Waals surface area contributed by atoms with E-state index in [9.17, 15) is 0 Å². The predicted octanol–water partition coefficient (Wildman–Crippen LogP) is 3.10. The SMILES string of the molecule is Cc1ccncc1CNc1snc(N)c1-c1ccncc1. The summed E-state index contributed by atoms with van der Waals surface area (Å²) in [6.45, 7) is 2.77. The molecule has 21 heavy (non-hydrogen) atoms. The minimum Gasteiger partial charge on any atom is -0.382 e. The number of nitrogens with zero attached hydrogens (tertiary/aromatic N) is 3. The van der Waals surface area contributed by atoms with Crippen molar-refractivity contribution < 1.29 is 0 Å². The van der Waals surface area contributed by atoms with Crippen molar-refractivity contribution in [3.8, 4) is 11.1 Å². The first-order valence-corrected chi connectivity index (χ1v) is 7.32. The number of aryl methyl sites for hydroxylation is 1. The van der Waals surface area contributed by atoms with Crippen molar-refractivity contribution >= 4 is 22.4 Å². The van der Waals surface area contributed by atoms with Crippen LogP contribution in [0.25, 0.3) is 11.1 Å². The number of rotatable bonds is 4. The topological polar surface area (TPSA) is 76.7 Å². The van der Waals surface area contributed by atoms with Crippen LogP contribution in [0.15, 0.2) is 43.0 Å². The Morgan fingerprint density at radius 1 is 1.14 bits per heavy atom. The molecule has 3 aromatic heterocycles. The highest BCUT2D eigenvalue weighted by Gasteiger charge is 2.13. The van der Waals surface area contributed by atoms with Crippen LogP contribution < -0.4 is 11.1 Å². The Hall–Kier alpha value is -2.47. The Labute approximate surface area is 127 Å². The molecule has 0 amide bonds. The van der Waals surface area contributed by atoms with E-state index in [2.05, 4.69) is 26.6 Å². The van der Waals surface area contributed by atoms with Gasteiger partial charge >= 0.3 is 0 Å². The number of hydrogen-bond donors (Lipinski definition) is 2. The summed E-state index contributed by atoms with van der Waals surface area (Å²) in [5, 5.41) is 4.37. The molecular formula is C15H15N5S. The van der Waals surface area contributed by atoms with Crippen molar-refractivity contribution in [3.63, 3.8) is 0 Å². The summed E-state index contributed by atoms with van der Waals surface area (Å²) < 4.78 is 4.25. The molecule has 0 aliphatic heterocycles. The van der Waals surface area contributed by atoms with E-state index in [1.807, 2.05) is 24.4 Å². The molecule has 0 unspecified atom stereocenters. The second kappa shape index (κ2) is 5.88. The lowest BCUT2D eigenvalue weighted by Gasteiger charge is -2.09. The van der Waals surface area contributed by atoms with Crippen molar-refractivity contribution in [1.29, 1.82) is 0 Å². The van der Waals surface area contributed by atoms with E-state index in [4.69, 9.17) is 5.73 Å². The number of aromatic nitrogens is 3. The third kappa shape index (κ3) is 2.85. The van der Waals surface area contributed by atoms with Gasteiger partial charge in [0, 0.05) is 31.3 Å². The smallest absolute Gasteiger partial charge is 0.147 e. The van der Waals surface area contributed by atoms with Gasteiger partial charge < -0.3 is 11.1 Å². The van der Waals surface area contributed by atoms with Crippen molar-refractivity contribution in [2.75, 3.05) is 11.1 Å². The molecule has 3 aromatic rings. The highest BCUT2D eigenvalue weighted by atomic mass is 32.1. The van der Waals surface area contributed by atoms with Gasteiger partial charge in [0.25, 0.3) is 0 Å². The zero-order valence-electron chi connectivity index (χ0n) is 11.6. The number of nitrogen functional groups attached to an aromatic ring is 1. The summed E-state index contributed by atoms with van der Waals surface area (Å²) in [5.41, 5.74) is 10.3. The van der Waals surface area contributed by atoms with Gasteiger partial charge in [-0.05, 0) is 53.3 Å². The highest BCUT2D eigenvalue weighted by Crippen LogP contribution is 2.36. The lowest BCUT2D eigenvalue weighted by Crippen LogP contribution is -2.01. The van der Waals surface area contributed by atoms with Crippen LogP contribution in [0, 0.1) is 6.92 Å². The molecule has 5 nitrogen and oxygen atoms in total. The molecule has 0 bridgehead atoms. The van der Waals surface area contributed by atoms with E-state index in [1.54, 1.807) is 18.6 Å². The molecule has 0 atom stereocenters. The van der Waals surface area contributed by atoms with Crippen molar-refractivity contribution in [2.24, 2.45) is 0 Å². The second-order valence-electron chi connectivity index (χ2n) is 4.66. The number of nitrogens with one attached hydrogen (secondary N) is 1. The zero-order chi connectivity index (χ0) is 14.7. The van der Waals surface area contributed by atoms with Crippen LogP contribution in [-0.4, -0.2) is 14.3 Å². The van der Waals surface area contributed by atoms with Crippen LogP contribution in [0.2, 0.25) is 0 Å². The Balaban J connectivity index is 1.86. The zero-order valence-corrected chi connectivity index (χ0v) is 12.4.